The molecule has 1 amide bonds. The molecule has 4 fully saturated rings. The van der Waals surface area contributed by atoms with E-state index in [1.54, 1.807) is 0 Å². The molecule has 8 heteroatoms. The fourth-order valence-corrected chi connectivity index (χ4v) is 5.77. The van der Waals surface area contributed by atoms with E-state index in [4.69, 9.17) is 4.74 Å². The van der Waals surface area contributed by atoms with E-state index in [1.807, 2.05) is 6.07 Å². The highest BCUT2D eigenvalue weighted by Crippen LogP contribution is 2.30. The summed E-state index contributed by atoms with van der Waals surface area (Å²) in [4.78, 5) is 15.6. The number of halogens is 2. The lowest BCUT2D eigenvalue weighted by Gasteiger charge is -2.44. The molecule has 2 aromatic rings. The van der Waals surface area contributed by atoms with Crippen molar-refractivity contribution in [3.8, 4) is 16.9 Å². The van der Waals surface area contributed by atoms with Gasteiger partial charge in [0.1, 0.15) is 5.75 Å². The van der Waals surface area contributed by atoms with Crippen LogP contribution >= 0.6 is 24.8 Å². The third kappa shape index (κ3) is 6.90. The van der Waals surface area contributed by atoms with Crippen molar-refractivity contribution in [2.75, 3.05) is 19.6 Å². The van der Waals surface area contributed by atoms with Crippen molar-refractivity contribution >= 4 is 30.7 Å². The molecule has 1 N–H and O–H groups in total. The van der Waals surface area contributed by atoms with Crippen LogP contribution in [0.1, 0.15) is 80.9 Å². The fourth-order valence-electron chi connectivity index (χ4n) is 5.77. The van der Waals surface area contributed by atoms with Gasteiger partial charge in [0, 0.05) is 18.2 Å². The number of carbonyl (C=O) groups is 1. The summed E-state index contributed by atoms with van der Waals surface area (Å²) in [5, 5.41) is 12.1. The van der Waals surface area contributed by atoms with Crippen molar-refractivity contribution in [1.82, 2.24) is 20.4 Å². The summed E-state index contributed by atoms with van der Waals surface area (Å²) in [6, 6.07) is 10.5. The number of piperidine rings is 3. The molecule has 1 aromatic heterocycles. The van der Waals surface area contributed by atoms with E-state index in [-0.39, 0.29) is 36.8 Å². The topological polar surface area (TPSA) is 67.4 Å². The maximum atomic E-state index is 13.1. The molecule has 36 heavy (non-hydrogen) atoms. The number of benzene rings is 1. The zero-order valence-electron chi connectivity index (χ0n) is 21.3. The average molecular weight is 536 g/mol. The van der Waals surface area contributed by atoms with Gasteiger partial charge in [-0.1, -0.05) is 31.9 Å². The standard InChI is InChI=1S/C28H38N4O2.2ClH/c1-2-3-9-25-24(20-10-12-23(13-11-20)34-22-7-5-4-6-8-22)18-26(31-30-25)28(33)29-27-19-32-16-14-21(27)15-17-32;;/h10-13,18,21-22,27H,2-9,14-17,19H2,1H3,(H,29,33);2*1H/t27-;;/m1../s1. The number of amides is 1. The average Bonchev–Trinajstić information content (AvgIpc) is 2.89. The van der Waals surface area contributed by atoms with Gasteiger partial charge in [-0.3, -0.25) is 4.79 Å². The number of fused-ring (bicyclic) bond motifs is 3. The predicted molar refractivity (Wildman–Crippen MR) is 148 cm³/mol. The van der Waals surface area contributed by atoms with Gasteiger partial charge in [-0.2, -0.15) is 5.10 Å². The Morgan fingerprint density at radius 1 is 1.03 bits per heavy atom. The minimum atomic E-state index is -0.105. The molecule has 0 spiro atoms. The highest BCUT2D eigenvalue weighted by atomic mass is 35.5. The Morgan fingerprint density at radius 3 is 2.39 bits per heavy atom. The molecule has 6 nitrogen and oxygen atoms in total. The highest BCUT2D eigenvalue weighted by Gasteiger charge is 2.35. The number of aromatic nitrogens is 2. The van der Waals surface area contributed by atoms with Gasteiger partial charge in [0.25, 0.3) is 5.91 Å². The molecule has 0 radical (unpaired) electrons. The van der Waals surface area contributed by atoms with Crippen LogP contribution in [0.2, 0.25) is 0 Å². The Kier molecular flexibility index (Phi) is 10.8. The first-order valence-corrected chi connectivity index (χ1v) is 13.4. The zero-order chi connectivity index (χ0) is 23.3. The van der Waals surface area contributed by atoms with Crippen molar-refractivity contribution in [1.29, 1.82) is 0 Å². The summed E-state index contributed by atoms with van der Waals surface area (Å²) < 4.78 is 6.22. The number of ether oxygens (including phenoxy) is 1. The number of nitrogens with zero attached hydrogens (tertiary/aromatic N) is 3. The summed E-state index contributed by atoms with van der Waals surface area (Å²) in [6.07, 6.45) is 11.8. The van der Waals surface area contributed by atoms with Crippen LogP contribution in [0.5, 0.6) is 5.75 Å². The normalized spacial score (nSPS) is 23.3. The van der Waals surface area contributed by atoms with E-state index in [0.29, 0.717) is 17.7 Å². The summed E-state index contributed by atoms with van der Waals surface area (Å²) in [5.74, 6) is 1.40. The van der Waals surface area contributed by atoms with E-state index in [9.17, 15) is 4.79 Å². The number of carbonyl (C=O) groups excluding carboxylic acids is 1. The van der Waals surface area contributed by atoms with Crippen molar-refractivity contribution in [3.63, 3.8) is 0 Å². The molecule has 4 heterocycles. The second-order valence-corrected chi connectivity index (χ2v) is 10.3. The molecule has 3 aliphatic heterocycles. The van der Waals surface area contributed by atoms with Crippen LogP contribution < -0.4 is 10.1 Å². The number of hydrogen-bond donors (Lipinski definition) is 1. The van der Waals surface area contributed by atoms with Crippen LogP contribution in [0.25, 0.3) is 11.1 Å². The van der Waals surface area contributed by atoms with Crippen LogP contribution in [0.4, 0.5) is 0 Å². The Labute approximate surface area is 227 Å². The molecular formula is C28H40Cl2N4O2. The van der Waals surface area contributed by atoms with Crippen LogP contribution in [0.15, 0.2) is 30.3 Å². The minimum Gasteiger partial charge on any atom is -0.490 e. The SMILES string of the molecule is CCCCc1nnc(C(=O)N[C@@H]2CN3CCC2CC3)cc1-c1ccc(OC2CCCCC2)cc1.Cl.Cl. The van der Waals surface area contributed by atoms with Gasteiger partial charge >= 0.3 is 0 Å². The Morgan fingerprint density at radius 2 is 1.75 bits per heavy atom. The first kappa shape index (κ1) is 28.7. The Hall–Kier alpha value is -1.89. The summed E-state index contributed by atoms with van der Waals surface area (Å²) in [7, 11) is 0. The number of aryl methyl sites for hydroxylation is 1. The van der Waals surface area contributed by atoms with Crippen molar-refractivity contribution < 1.29 is 9.53 Å². The van der Waals surface area contributed by atoms with E-state index >= 15 is 0 Å². The van der Waals surface area contributed by atoms with E-state index in [0.717, 1.165) is 74.3 Å². The number of unbranched alkanes of at least 4 members (excludes halogenated alkanes) is 1. The number of hydrogen-bond acceptors (Lipinski definition) is 5. The first-order chi connectivity index (χ1) is 16.7. The van der Waals surface area contributed by atoms with Crippen molar-refractivity contribution in [2.24, 2.45) is 5.92 Å². The number of rotatable bonds is 8. The van der Waals surface area contributed by atoms with E-state index in [2.05, 4.69) is 51.6 Å². The molecule has 3 saturated heterocycles. The Balaban J connectivity index is 0.00000180. The van der Waals surface area contributed by atoms with Gasteiger partial charge in [-0.25, -0.2) is 0 Å². The predicted octanol–water partition coefficient (Wildman–Crippen LogP) is 5.87. The van der Waals surface area contributed by atoms with Crippen LogP contribution in [0, 0.1) is 5.92 Å². The summed E-state index contributed by atoms with van der Waals surface area (Å²) in [6.45, 7) is 5.45. The smallest absolute Gasteiger partial charge is 0.272 e. The third-order valence-electron chi connectivity index (χ3n) is 7.86. The highest BCUT2D eigenvalue weighted by molar-refractivity contribution is 5.93. The van der Waals surface area contributed by atoms with Gasteiger partial charge < -0.3 is 15.0 Å². The van der Waals surface area contributed by atoms with Gasteiger partial charge in [0.05, 0.1) is 11.8 Å². The molecule has 198 valence electrons. The van der Waals surface area contributed by atoms with E-state index < -0.39 is 0 Å². The van der Waals surface area contributed by atoms with Gasteiger partial charge in [0.15, 0.2) is 5.69 Å². The van der Waals surface area contributed by atoms with Crippen molar-refractivity contribution in [3.05, 3.63) is 41.7 Å². The minimum absolute atomic E-state index is 0. The van der Waals surface area contributed by atoms with Crippen molar-refractivity contribution in [2.45, 2.75) is 83.3 Å². The largest absolute Gasteiger partial charge is 0.490 e. The second kappa shape index (κ2) is 13.6. The van der Waals surface area contributed by atoms with E-state index in [1.165, 1.54) is 32.1 Å². The molecule has 2 bridgehead atoms. The summed E-state index contributed by atoms with van der Waals surface area (Å²) >= 11 is 0. The van der Waals surface area contributed by atoms with Gasteiger partial charge in [-0.05, 0) is 94.1 Å². The van der Waals surface area contributed by atoms with Gasteiger partial charge in [0.2, 0.25) is 0 Å². The van der Waals surface area contributed by atoms with Crippen LogP contribution in [-0.2, 0) is 6.42 Å². The molecule has 1 saturated carbocycles. The molecule has 4 aliphatic rings. The molecule has 1 aromatic carbocycles. The van der Waals surface area contributed by atoms with Gasteiger partial charge in [-0.15, -0.1) is 29.9 Å². The van der Waals surface area contributed by atoms with Crippen LogP contribution in [0.3, 0.4) is 0 Å². The third-order valence-corrected chi connectivity index (χ3v) is 7.86. The molecule has 1 aliphatic carbocycles. The Bertz CT molecular complexity index is 974. The fraction of sp³-hybridized carbons (Fsp3) is 0.607. The van der Waals surface area contributed by atoms with Crippen LogP contribution in [-0.4, -0.2) is 52.8 Å². The molecule has 1 atom stereocenters. The first-order valence-electron chi connectivity index (χ1n) is 13.4. The maximum Gasteiger partial charge on any atom is 0.272 e. The number of nitrogens with one attached hydrogen (secondary N) is 1. The summed E-state index contributed by atoms with van der Waals surface area (Å²) in [5.41, 5.74) is 3.44. The lowest BCUT2D eigenvalue weighted by atomic mass is 9.84. The maximum absolute atomic E-state index is 13.1. The molecule has 0 unspecified atom stereocenters. The second-order valence-electron chi connectivity index (χ2n) is 10.3. The quantitative estimate of drug-likeness (QED) is 0.458. The lowest BCUT2D eigenvalue weighted by Crippen LogP contribution is -2.57. The zero-order valence-corrected chi connectivity index (χ0v) is 22.9. The molecular weight excluding hydrogens is 495 g/mol. The monoisotopic (exact) mass is 534 g/mol. The molecule has 6 rings (SSSR count). The lowest BCUT2D eigenvalue weighted by molar-refractivity contribution is 0.0617.